The van der Waals surface area contributed by atoms with Crippen LogP contribution in [0.5, 0.6) is 11.5 Å². The Bertz CT molecular complexity index is 969. The molecule has 0 aliphatic heterocycles. The van der Waals surface area contributed by atoms with E-state index in [0.717, 1.165) is 17.1 Å². The zero-order valence-corrected chi connectivity index (χ0v) is 17.4. The molecule has 6 nitrogen and oxygen atoms in total. The van der Waals surface area contributed by atoms with E-state index < -0.39 is 0 Å². The predicted molar refractivity (Wildman–Crippen MR) is 118 cm³/mol. The van der Waals surface area contributed by atoms with Gasteiger partial charge in [-0.2, -0.15) is 0 Å². The van der Waals surface area contributed by atoms with E-state index in [-0.39, 0.29) is 24.9 Å². The molecule has 0 aliphatic carbocycles. The minimum atomic E-state index is -0.280. The van der Waals surface area contributed by atoms with Gasteiger partial charge in [0, 0.05) is 17.7 Å². The molecule has 0 atom stereocenters. The Morgan fingerprint density at radius 3 is 2.23 bits per heavy atom. The summed E-state index contributed by atoms with van der Waals surface area (Å²) in [6, 6.07) is 23.5. The third kappa shape index (κ3) is 7.19. The Hall–Kier alpha value is -3.80. The Kier molecular flexibility index (Phi) is 8.05. The molecule has 0 heterocycles. The number of para-hydroxylation sites is 1. The predicted octanol–water partition coefficient (Wildman–Crippen LogP) is 4.85. The smallest absolute Gasteiger partial charge is 0.306 e. The standard InChI is InChI=1S/C25H25NO5/c1-29-22-15-13-21(14-16-22)26-25(28)20-11-9-19(10-12-20)18-31-24(27)8-5-17-30-23-6-3-2-4-7-23/h2-4,6-7,9-16H,5,8,17-18H2,1H3,(H,26,28). The van der Waals surface area contributed by atoms with Crippen LogP contribution in [0.1, 0.15) is 28.8 Å². The Morgan fingerprint density at radius 1 is 0.839 bits per heavy atom. The maximum Gasteiger partial charge on any atom is 0.306 e. The van der Waals surface area contributed by atoms with Crippen LogP contribution in [0.4, 0.5) is 5.69 Å². The van der Waals surface area contributed by atoms with Gasteiger partial charge in [-0.3, -0.25) is 9.59 Å². The van der Waals surface area contributed by atoms with Gasteiger partial charge < -0.3 is 19.5 Å². The summed E-state index contributed by atoms with van der Waals surface area (Å²) in [6.45, 7) is 0.621. The van der Waals surface area contributed by atoms with Crippen LogP contribution in [-0.4, -0.2) is 25.6 Å². The molecule has 160 valence electrons. The fourth-order valence-corrected chi connectivity index (χ4v) is 2.79. The number of benzene rings is 3. The monoisotopic (exact) mass is 419 g/mol. The number of esters is 1. The van der Waals surface area contributed by atoms with Crippen LogP contribution in [0.2, 0.25) is 0 Å². The summed E-state index contributed by atoms with van der Waals surface area (Å²) in [5.74, 6) is 1.01. The quantitative estimate of drug-likeness (QED) is 0.376. The van der Waals surface area contributed by atoms with Gasteiger partial charge in [-0.15, -0.1) is 0 Å². The normalized spacial score (nSPS) is 10.2. The first-order valence-electron chi connectivity index (χ1n) is 10.0. The lowest BCUT2D eigenvalue weighted by atomic mass is 10.1. The molecular weight excluding hydrogens is 394 g/mol. The van der Waals surface area contributed by atoms with E-state index in [9.17, 15) is 9.59 Å². The highest BCUT2D eigenvalue weighted by molar-refractivity contribution is 6.04. The SMILES string of the molecule is COc1ccc(NC(=O)c2ccc(COC(=O)CCCOc3ccccc3)cc2)cc1. The molecule has 0 unspecified atom stereocenters. The van der Waals surface area contributed by atoms with Crippen LogP contribution < -0.4 is 14.8 Å². The van der Waals surface area contributed by atoms with Crippen LogP contribution in [0.3, 0.4) is 0 Å². The van der Waals surface area contributed by atoms with Gasteiger partial charge in [-0.05, 0) is 60.5 Å². The average Bonchev–Trinajstić information content (AvgIpc) is 2.82. The molecule has 6 heteroatoms. The van der Waals surface area contributed by atoms with Gasteiger partial charge in [0.25, 0.3) is 5.91 Å². The summed E-state index contributed by atoms with van der Waals surface area (Å²) in [5, 5.41) is 2.83. The van der Waals surface area contributed by atoms with Crippen molar-refractivity contribution in [3.8, 4) is 11.5 Å². The van der Waals surface area contributed by atoms with Crippen LogP contribution in [0.25, 0.3) is 0 Å². The molecule has 3 aromatic rings. The van der Waals surface area contributed by atoms with Crippen molar-refractivity contribution < 1.29 is 23.8 Å². The topological polar surface area (TPSA) is 73.9 Å². The molecule has 0 bridgehead atoms. The fourth-order valence-electron chi connectivity index (χ4n) is 2.79. The largest absolute Gasteiger partial charge is 0.497 e. The van der Waals surface area contributed by atoms with Crippen molar-refractivity contribution >= 4 is 17.6 Å². The number of carbonyl (C=O) groups is 2. The molecule has 0 saturated heterocycles. The van der Waals surface area contributed by atoms with Crippen LogP contribution in [-0.2, 0) is 16.1 Å². The molecule has 31 heavy (non-hydrogen) atoms. The third-order valence-corrected chi connectivity index (χ3v) is 4.50. The van der Waals surface area contributed by atoms with Gasteiger partial charge in [-0.25, -0.2) is 0 Å². The van der Waals surface area contributed by atoms with Crippen LogP contribution in [0.15, 0.2) is 78.9 Å². The molecule has 0 saturated carbocycles. The minimum Gasteiger partial charge on any atom is -0.497 e. The molecule has 0 aliphatic rings. The molecule has 0 aromatic heterocycles. The molecule has 0 radical (unpaired) electrons. The van der Waals surface area contributed by atoms with Crippen molar-refractivity contribution in [2.75, 3.05) is 19.0 Å². The number of hydrogen-bond acceptors (Lipinski definition) is 5. The number of nitrogens with one attached hydrogen (secondary N) is 1. The molecule has 1 N–H and O–H groups in total. The van der Waals surface area contributed by atoms with Crippen molar-refractivity contribution in [3.05, 3.63) is 90.0 Å². The van der Waals surface area contributed by atoms with Crippen molar-refractivity contribution in [1.29, 1.82) is 0 Å². The van der Waals surface area contributed by atoms with E-state index in [1.165, 1.54) is 0 Å². The Balaban J connectivity index is 1.38. The van der Waals surface area contributed by atoms with Gasteiger partial charge in [0.2, 0.25) is 0 Å². The average molecular weight is 419 g/mol. The lowest BCUT2D eigenvalue weighted by Crippen LogP contribution is -2.12. The van der Waals surface area contributed by atoms with Gasteiger partial charge in [0.1, 0.15) is 18.1 Å². The second-order valence-electron chi connectivity index (χ2n) is 6.81. The minimum absolute atomic E-state index is 0.165. The summed E-state index contributed by atoms with van der Waals surface area (Å²) < 4.78 is 16.0. The van der Waals surface area contributed by atoms with Crippen molar-refractivity contribution in [2.24, 2.45) is 0 Å². The lowest BCUT2D eigenvalue weighted by Gasteiger charge is -2.08. The first kappa shape index (κ1) is 21.9. The number of ether oxygens (including phenoxy) is 3. The molecule has 0 spiro atoms. The number of methoxy groups -OCH3 is 1. The zero-order chi connectivity index (χ0) is 21.9. The number of carbonyl (C=O) groups excluding carboxylic acids is 2. The van der Waals surface area contributed by atoms with Crippen molar-refractivity contribution in [3.63, 3.8) is 0 Å². The maximum atomic E-state index is 12.4. The summed E-state index contributed by atoms with van der Waals surface area (Å²) in [7, 11) is 1.59. The highest BCUT2D eigenvalue weighted by Crippen LogP contribution is 2.16. The van der Waals surface area contributed by atoms with Gasteiger partial charge >= 0.3 is 5.97 Å². The third-order valence-electron chi connectivity index (χ3n) is 4.50. The number of hydrogen-bond donors (Lipinski definition) is 1. The summed E-state index contributed by atoms with van der Waals surface area (Å²) >= 11 is 0. The molecule has 3 rings (SSSR count). The number of rotatable bonds is 10. The summed E-state index contributed by atoms with van der Waals surface area (Å²) in [4.78, 5) is 24.3. The number of anilines is 1. The first-order valence-corrected chi connectivity index (χ1v) is 10.0. The number of amides is 1. The Morgan fingerprint density at radius 2 is 1.55 bits per heavy atom. The highest BCUT2D eigenvalue weighted by atomic mass is 16.5. The van der Waals surface area contributed by atoms with Gasteiger partial charge in [0.05, 0.1) is 13.7 Å². The van der Waals surface area contributed by atoms with Crippen molar-refractivity contribution in [1.82, 2.24) is 0 Å². The second kappa shape index (κ2) is 11.4. The van der Waals surface area contributed by atoms with E-state index in [4.69, 9.17) is 14.2 Å². The summed E-state index contributed by atoms with van der Waals surface area (Å²) in [6.07, 6.45) is 0.868. The van der Waals surface area contributed by atoms with Crippen LogP contribution in [0, 0.1) is 0 Å². The van der Waals surface area contributed by atoms with E-state index in [1.807, 2.05) is 30.3 Å². The zero-order valence-electron chi connectivity index (χ0n) is 17.4. The van der Waals surface area contributed by atoms with Crippen LogP contribution >= 0.6 is 0 Å². The first-order chi connectivity index (χ1) is 15.1. The fraction of sp³-hybridized carbons (Fsp3) is 0.200. The van der Waals surface area contributed by atoms with E-state index >= 15 is 0 Å². The van der Waals surface area contributed by atoms with Gasteiger partial charge in [-0.1, -0.05) is 30.3 Å². The van der Waals surface area contributed by atoms with Crippen molar-refractivity contribution in [2.45, 2.75) is 19.4 Å². The lowest BCUT2D eigenvalue weighted by molar-refractivity contribution is -0.145. The second-order valence-corrected chi connectivity index (χ2v) is 6.81. The molecule has 3 aromatic carbocycles. The Labute approximate surface area is 181 Å². The van der Waals surface area contributed by atoms with Gasteiger partial charge in [0.15, 0.2) is 0 Å². The van der Waals surface area contributed by atoms with E-state index in [0.29, 0.717) is 24.3 Å². The highest BCUT2D eigenvalue weighted by Gasteiger charge is 2.08. The molecule has 1 amide bonds. The summed E-state index contributed by atoms with van der Waals surface area (Å²) in [5.41, 5.74) is 2.01. The molecular formula is C25H25NO5. The van der Waals surface area contributed by atoms with E-state index in [1.54, 1.807) is 55.6 Å². The maximum absolute atomic E-state index is 12.4. The van der Waals surface area contributed by atoms with E-state index in [2.05, 4.69) is 5.32 Å². The molecule has 0 fully saturated rings.